The molecule has 60 valence electrons. The summed E-state index contributed by atoms with van der Waals surface area (Å²) in [6.07, 6.45) is -0.355. The summed E-state index contributed by atoms with van der Waals surface area (Å²) in [4.78, 5) is 3.32. The lowest BCUT2D eigenvalue weighted by Gasteiger charge is -2.23. The van der Waals surface area contributed by atoms with Crippen LogP contribution in [-0.2, 0) is 0 Å². The monoisotopic (exact) mass is 155 g/mol. The highest BCUT2D eigenvalue weighted by atomic mass is 16.5. The Morgan fingerprint density at radius 1 is 1.73 bits per heavy atom. The van der Waals surface area contributed by atoms with Gasteiger partial charge in [-0.15, -0.1) is 0 Å². The largest absolute Gasteiger partial charge is 0.384 e. The molecule has 1 unspecified atom stereocenters. The summed E-state index contributed by atoms with van der Waals surface area (Å²) in [5, 5.41) is 26.3. The Balaban J connectivity index is 4.36. The summed E-state index contributed by atoms with van der Waals surface area (Å²) in [7, 11) is 4.77. The molecule has 0 rings (SSSR count). The highest BCUT2D eigenvalue weighted by molar-refractivity contribution is 6.13. The van der Waals surface area contributed by atoms with Crippen molar-refractivity contribution >= 4 is 14.6 Å². The van der Waals surface area contributed by atoms with Crippen LogP contribution in [0.2, 0.25) is 0 Å². The lowest BCUT2D eigenvalue weighted by atomic mass is 9.86. The van der Waals surface area contributed by atoms with Gasteiger partial charge in [0.25, 0.3) is 0 Å². The Morgan fingerprint density at radius 2 is 2.18 bits per heavy atom. The fourth-order valence-corrected chi connectivity index (χ4v) is 0.550. The lowest BCUT2D eigenvalue weighted by molar-refractivity contribution is -0.147. The van der Waals surface area contributed by atoms with Crippen molar-refractivity contribution in [1.82, 2.24) is 0 Å². The Bertz CT molecular complexity index is 173. The quantitative estimate of drug-likeness (QED) is 0.271. The first-order valence-electron chi connectivity index (χ1n) is 2.93. The van der Waals surface area contributed by atoms with Crippen molar-refractivity contribution in [2.24, 2.45) is 4.99 Å². The van der Waals surface area contributed by atoms with Crippen LogP contribution in [0.5, 0.6) is 0 Å². The molecule has 11 heavy (non-hydrogen) atoms. The molecule has 0 saturated carbocycles. The normalized spacial score (nSPS) is 16.2. The topological polar surface area (TPSA) is 73.0 Å². The second-order valence-electron chi connectivity index (χ2n) is 2.24. The molecule has 0 aromatic carbocycles. The van der Waals surface area contributed by atoms with Gasteiger partial charge in [0.2, 0.25) is 0 Å². The van der Waals surface area contributed by atoms with Crippen LogP contribution in [0.4, 0.5) is 0 Å². The first-order chi connectivity index (χ1) is 4.89. The molecule has 5 heteroatoms. The van der Waals surface area contributed by atoms with Gasteiger partial charge in [0.15, 0.2) is 7.85 Å². The zero-order chi connectivity index (χ0) is 9.07. The maximum atomic E-state index is 9.00. The van der Waals surface area contributed by atoms with Crippen LogP contribution < -0.4 is 0 Å². The van der Waals surface area contributed by atoms with Crippen molar-refractivity contribution < 1.29 is 15.3 Å². The molecule has 0 fully saturated rings. The second kappa shape index (κ2) is 3.66. The molecule has 0 bridgehead atoms. The van der Waals surface area contributed by atoms with Gasteiger partial charge in [0.1, 0.15) is 11.8 Å². The second-order valence-corrected chi connectivity index (χ2v) is 2.24. The van der Waals surface area contributed by atoms with Crippen molar-refractivity contribution in [3.63, 3.8) is 0 Å². The third-order valence-corrected chi connectivity index (χ3v) is 1.13. The number of hydrogen-bond acceptors (Lipinski definition) is 4. The number of rotatable bonds is 3. The fraction of sp³-hybridized carbons (Fsp3) is 0.500. The molecule has 0 saturated heterocycles. The van der Waals surface area contributed by atoms with Gasteiger partial charge in [0.05, 0.1) is 0 Å². The van der Waals surface area contributed by atoms with Crippen molar-refractivity contribution in [3.8, 4) is 0 Å². The minimum atomic E-state index is -2.62. The zero-order valence-electron chi connectivity index (χ0n) is 6.23. The molecule has 0 aliphatic heterocycles. The highest BCUT2D eigenvalue weighted by Gasteiger charge is 2.27. The molecule has 2 radical (unpaired) electrons. The summed E-state index contributed by atoms with van der Waals surface area (Å²) < 4.78 is 0. The van der Waals surface area contributed by atoms with Crippen LogP contribution in [-0.4, -0.2) is 41.7 Å². The molecule has 0 heterocycles. The maximum Gasteiger partial charge on any atom is 0.157 e. The van der Waals surface area contributed by atoms with Gasteiger partial charge >= 0.3 is 0 Å². The molecule has 3 N–H and O–H groups in total. The van der Waals surface area contributed by atoms with Crippen molar-refractivity contribution in [2.45, 2.75) is 18.7 Å². The molecule has 0 amide bonds. The number of hydrogen-bond donors (Lipinski definition) is 3. The lowest BCUT2D eigenvalue weighted by Crippen LogP contribution is -2.43. The molecule has 0 aromatic heterocycles. The van der Waals surface area contributed by atoms with E-state index in [1.54, 1.807) is 0 Å². The van der Waals surface area contributed by atoms with Crippen LogP contribution in [0.15, 0.2) is 16.8 Å². The van der Waals surface area contributed by atoms with E-state index >= 15 is 0 Å². The molecule has 4 nitrogen and oxygen atoms in total. The Morgan fingerprint density at radius 3 is 2.45 bits per heavy atom. The van der Waals surface area contributed by atoms with Crippen molar-refractivity contribution in [3.05, 3.63) is 11.8 Å². The van der Waals surface area contributed by atoms with E-state index in [1.165, 1.54) is 13.1 Å². The number of aliphatic imine (C=N–C) groups is 1. The molecule has 0 aliphatic rings. The van der Waals surface area contributed by atoms with Gasteiger partial charge < -0.3 is 15.3 Å². The number of aliphatic hydroxyl groups is 3. The van der Waals surface area contributed by atoms with Crippen LogP contribution >= 0.6 is 0 Å². The first kappa shape index (κ1) is 10.4. The predicted octanol–water partition coefficient (Wildman–Crippen LogP) is -1.24. The third kappa shape index (κ3) is 3.32. The summed E-state index contributed by atoms with van der Waals surface area (Å²) in [6.45, 7) is 4.58. The predicted molar refractivity (Wildman–Crippen MR) is 42.2 cm³/mol. The number of aliphatic hydroxyl groups excluding tert-OH is 1. The first-order valence-corrected chi connectivity index (χ1v) is 2.93. The highest BCUT2D eigenvalue weighted by Crippen LogP contribution is 2.10. The van der Waals surface area contributed by atoms with E-state index in [-0.39, 0.29) is 5.57 Å². The summed E-state index contributed by atoms with van der Waals surface area (Å²) in [6, 6.07) is 0. The molecule has 0 aromatic rings. The van der Waals surface area contributed by atoms with Crippen LogP contribution in [0.25, 0.3) is 0 Å². The molecular formula is C6H10BNO3. The van der Waals surface area contributed by atoms with Gasteiger partial charge in [0, 0.05) is 6.20 Å². The van der Waals surface area contributed by atoms with E-state index in [1.807, 2.05) is 0 Å². The SMILES string of the molecule is [B]C(O)(O)C(O)/C(C)=C/N=C. The smallest absolute Gasteiger partial charge is 0.157 e. The molecular weight excluding hydrogens is 145 g/mol. The number of nitrogens with zero attached hydrogens (tertiary/aromatic N) is 1. The maximum absolute atomic E-state index is 9.00. The van der Waals surface area contributed by atoms with Gasteiger partial charge in [-0.05, 0) is 19.2 Å². The van der Waals surface area contributed by atoms with Crippen LogP contribution in [0.1, 0.15) is 6.92 Å². The van der Waals surface area contributed by atoms with Gasteiger partial charge in [-0.1, -0.05) is 0 Å². The van der Waals surface area contributed by atoms with Crippen LogP contribution in [0.3, 0.4) is 0 Å². The van der Waals surface area contributed by atoms with Gasteiger partial charge in [-0.25, -0.2) is 0 Å². The molecule has 1 atom stereocenters. The Labute approximate surface area is 66.3 Å². The summed E-state index contributed by atoms with van der Waals surface area (Å²) in [5.41, 5.74) is -2.39. The van der Waals surface area contributed by atoms with Crippen molar-refractivity contribution in [2.75, 3.05) is 0 Å². The average Bonchev–Trinajstić information content (AvgIpc) is 1.85. The molecule has 0 aliphatic carbocycles. The third-order valence-electron chi connectivity index (χ3n) is 1.13. The van der Waals surface area contributed by atoms with E-state index in [0.29, 0.717) is 0 Å². The molecule has 0 spiro atoms. The van der Waals surface area contributed by atoms with E-state index < -0.39 is 11.8 Å². The van der Waals surface area contributed by atoms with E-state index in [4.69, 9.17) is 23.2 Å². The minimum Gasteiger partial charge on any atom is -0.384 e. The fourth-order valence-electron chi connectivity index (χ4n) is 0.550. The van der Waals surface area contributed by atoms with E-state index in [9.17, 15) is 0 Å². The Hall–Kier alpha value is -0.645. The van der Waals surface area contributed by atoms with Gasteiger partial charge in [-0.2, -0.15) is 0 Å². The summed E-state index contributed by atoms with van der Waals surface area (Å²) >= 11 is 0. The van der Waals surface area contributed by atoms with Crippen molar-refractivity contribution in [1.29, 1.82) is 0 Å². The Kier molecular flexibility index (Phi) is 3.45. The van der Waals surface area contributed by atoms with Crippen LogP contribution in [0, 0.1) is 0 Å². The van der Waals surface area contributed by atoms with E-state index in [2.05, 4.69) is 11.7 Å². The zero-order valence-corrected chi connectivity index (χ0v) is 6.23. The average molecular weight is 155 g/mol. The van der Waals surface area contributed by atoms with E-state index in [0.717, 1.165) is 0 Å². The standard InChI is InChI=1S/C6H10BNO3/c1-4(3-8-2)5(9)6(7,10)11/h3,5,9-11H,2H2,1H3/b4-3+. The minimum absolute atomic E-state index is 0.229. The summed E-state index contributed by atoms with van der Waals surface area (Å²) in [5.74, 6) is 0. The van der Waals surface area contributed by atoms with Gasteiger partial charge in [-0.3, -0.25) is 4.99 Å².